The number of amides is 2. The molecule has 3 aromatic rings. The molecule has 8 nitrogen and oxygen atoms in total. The predicted molar refractivity (Wildman–Crippen MR) is 116 cm³/mol. The van der Waals surface area contributed by atoms with E-state index in [1.165, 1.54) is 11.8 Å². The molecule has 1 aliphatic rings. The SMILES string of the molecule is COC(=O)c1ccc(NC(=O)[C@@H]2CC(=O)Nc3c(C)c(-c4cccc(Cl)c4)nn32)cc1. The Hall–Kier alpha value is -3.65. The second-order valence-electron chi connectivity index (χ2n) is 7.10. The molecule has 0 saturated heterocycles. The lowest BCUT2D eigenvalue weighted by Crippen LogP contribution is -2.35. The summed E-state index contributed by atoms with van der Waals surface area (Å²) in [5.74, 6) is -0.643. The number of ether oxygens (including phenoxy) is 1. The minimum atomic E-state index is -0.823. The van der Waals surface area contributed by atoms with E-state index in [0.29, 0.717) is 27.8 Å². The molecular weight excluding hydrogens is 420 g/mol. The number of fused-ring (bicyclic) bond motifs is 1. The van der Waals surface area contributed by atoms with Gasteiger partial charge in [0, 0.05) is 21.8 Å². The van der Waals surface area contributed by atoms with Crippen LogP contribution in [-0.2, 0) is 14.3 Å². The largest absolute Gasteiger partial charge is 0.465 e. The van der Waals surface area contributed by atoms with Crippen molar-refractivity contribution in [2.75, 3.05) is 17.7 Å². The number of nitrogens with one attached hydrogen (secondary N) is 2. The normalized spacial score (nSPS) is 15.1. The van der Waals surface area contributed by atoms with Crippen molar-refractivity contribution in [3.8, 4) is 11.3 Å². The molecule has 0 fully saturated rings. The van der Waals surface area contributed by atoms with Gasteiger partial charge in [-0.25, -0.2) is 9.48 Å². The Labute approximate surface area is 183 Å². The van der Waals surface area contributed by atoms with Gasteiger partial charge in [-0.1, -0.05) is 23.7 Å². The average Bonchev–Trinajstić information content (AvgIpc) is 3.09. The summed E-state index contributed by atoms with van der Waals surface area (Å²) in [6.45, 7) is 1.83. The van der Waals surface area contributed by atoms with Gasteiger partial charge in [0.25, 0.3) is 0 Å². The lowest BCUT2D eigenvalue weighted by molar-refractivity contribution is -0.125. The number of hydrogen-bond acceptors (Lipinski definition) is 5. The monoisotopic (exact) mass is 438 g/mol. The van der Waals surface area contributed by atoms with Gasteiger partial charge >= 0.3 is 5.97 Å². The van der Waals surface area contributed by atoms with E-state index >= 15 is 0 Å². The van der Waals surface area contributed by atoms with Crippen LogP contribution in [0.4, 0.5) is 11.5 Å². The van der Waals surface area contributed by atoms with Crippen molar-refractivity contribution in [1.82, 2.24) is 9.78 Å². The maximum Gasteiger partial charge on any atom is 0.337 e. The standard InChI is InChI=1S/C22H19ClN4O4/c1-12-19(14-4-3-5-15(23)10-14)26-27-17(11-18(28)25-20(12)27)21(29)24-16-8-6-13(7-9-16)22(30)31-2/h3-10,17H,11H2,1-2H3,(H,24,29)(H,25,28)/t17-/m0/s1. The van der Waals surface area contributed by atoms with E-state index in [-0.39, 0.29) is 18.2 Å². The van der Waals surface area contributed by atoms with Crippen molar-refractivity contribution >= 4 is 40.9 Å². The number of rotatable bonds is 4. The zero-order valence-corrected chi connectivity index (χ0v) is 17.6. The highest BCUT2D eigenvalue weighted by molar-refractivity contribution is 6.30. The molecule has 0 radical (unpaired) electrons. The third kappa shape index (κ3) is 4.02. The number of anilines is 2. The topological polar surface area (TPSA) is 102 Å². The zero-order chi connectivity index (χ0) is 22.1. The van der Waals surface area contributed by atoms with E-state index in [1.54, 1.807) is 36.4 Å². The van der Waals surface area contributed by atoms with E-state index in [9.17, 15) is 14.4 Å². The van der Waals surface area contributed by atoms with Crippen LogP contribution in [0, 0.1) is 6.92 Å². The zero-order valence-electron chi connectivity index (χ0n) is 16.8. The van der Waals surface area contributed by atoms with Gasteiger partial charge in [0.05, 0.1) is 24.8 Å². The van der Waals surface area contributed by atoms with E-state index in [2.05, 4.69) is 20.5 Å². The molecule has 1 atom stereocenters. The molecule has 2 heterocycles. The van der Waals surface area contributed by atoms with Gasteiger partial charge < -0.3 is 15.4 Å². The fourth-order valence-electron chi connectivity index (χ4n) is 3.49. The molecule has 0 aliphatic carbocycles. The molecule has 31 heavy (non-hydrogen) atoms. The Balaban J connectivity index is 1.63. The van der Waals surface area contributed by atoms with E-state index in [4.69, 9.17) is 11.6 Å². The predicted octanol–water partition coefficient (Wildman–Crippen LogP) is 3.82. The van der Waals surface area contributed by atoms with Crippen LogP contribution >= 0.6 is 11.6 Å². The van der Waals surface area contributed by atoms with Crippen LogP contribution in [0.3, 0.4) is 0 Å². The lowest BCUT2D eigenvalue weighted by atomic mass is 10.1. The second-order valence-corrected chi connectivity index (χ2v) is 7.54. The summed E-state index contributed by atoms with van der Waals surface area (Å²) in [7, 11) is 1.30. The minimum Gasteiger partial charge on any atom is -0.465 e. The van der Waals surface area contributed by atoms with E-state index in [0.717, 1.165) is 11.1 Å². The number of aromatic nitrogens is 2. The number of nitrogens with zero attached hydrogens (tertiary/aromatic N) is 2. The van der Waals surface area contributed by atoms with Crippen LogP contribution in [0.25, 0.3) is 11.3 Å². The molecule has 2 amide bonds. The quantitative estimate of drug-likeness (QED) is 0.603. The van der Waals surface area contributed by atoms with E-state index in [1.807, 2.05) is 19.1 Å². The first kappa shape index (κ1) is 20.6. The Morgan fingerprint density at radius 1 is 1.23 bits per heavy atom. The van der Waals surface area contributed by atoms with Crippen molar-refractivity contribution in [3.05, 3.63) is 64.7 Å². The summed E-state index contributed by atoms with van der Waals surface area (Å²) >= 11 is 6.11. The van der Waals surface area contributed by atoms with Crippen molar-refractivity contribution in [2.45, 2.75) is 19.4 Å². The number of methoxy groups -OCH3 is 1. The van der Waals surface area contributed by atoms with Gasteiger partial charge in [-0.05, 0) is 43.3 Å². The number of carbonyl (C=O) groups excluding carboxylic acids is 3. The Morgan fingerprint density at radius 2 is 1.97 bits per heavy atom. The smallest absolute Gasteiger partial charge is 0.337 e. The molecular formula is C22H19ClN4O4. The van der Waals surface area contributed by atoms with Gasteiger partial charge in [0.1, 0.15) is 11.9 Å². The van der Waals surface area contributed by atoms with Crippen LogP contribution in [-0.4, -0.2) is 34.7 Å². The molecule has 0 saturated carbocycles. The number of benzene rings is 2. The van der Waals surface area contributed by atoms with Gasteiger partial charge in [-0.2, -0.15) is 5.10 Å². The van der Waals surface area contributed by atoms with Crippen LogP contribution in [0.5, 0.6) is 0 Å². The molecule has 2 N–H and O–H groups in total. The third-order valence-electron chi connectivity index (χ3n) is 5.05. The first-order chi connectivity index (χ1) is 14.9. The van der Waals surface area contributed by atoms with Crippen LogP contribution in [0.2, 0.25) is 5.02 Å². The highest BCUT2D eigenvalue weighted by Crippen LogP contribution is 2.35. The Bertz CT molecular complexity index is 1190. The number of carbonyl (C=O) groups is 3. The average molecular weight is 439 g/mol. The second kappa shape index (κ2) is 8.23. The highest BCUT2D eigenvalue weighted by atomic mass is 35.5. The maximum absolute atomic E-state index is 13.0. The minimum absolute atomic E-state index is 0.0464. The third-order valence-corrected chi connectivity index (χ3v) is 5.29. The number of esters is 1. The highest BCUT2D eigenvalue weighted by Gasteiger charge is 2.34. The Morgan fingerprint density at radius 3 is 2.65 bits per heavy atom. The molecule has 158 valence electrons. The van der Waals surface area contributed by atoms with Crippen molar-refractivity contribution in [2.24, 2.45) is 0 Å². The molecule has 0 bridgehead atoms. The van der Waals surface area contributed by atoms with Crippen molar-refractivity contribution < 1.29 is 19.1 Å². The Kier molecular flexibility index (Phi) is 5.48. The summed E-state index contributed by atoms with van der Waals surface area (Å²) < 4.78 is 6.20. The fraction of sp³-hybridized carbons (Fsp3) is 0.182. The van der Waals surface area contributed by atoms with Gasteiger partial charge in [0.15, 0.2) is 0 Å². The summed E-state index contributed by atoms with van der Waals surface area (Å²) in [5, 5.41) is 10.8. The van der Waals surface area contributed by atoms with Crippen LogP contribution in [0.1, 0.15) is 28.4 Å². The number of hydrogen-bond donors (Lipinski definition) is 2. The van der Waals surface area contributed by atoms with Gasteiger partial charge in [-0.3, -0.25) is 9.59 Å². The molecule has 0 spiro atoms. The summed E-state index contributed by atoms with van der Waals surface area (Å²) in [4.78, 5) is 36.9. The molecule has 1 aromatic heterocycles. The first-order valence-corrected chi connectivity index (χ1v) is 9.89. The summed E-state index contributed by atoms with van der Waals surface area (Å²) in [5.41, 5.74) is 3.03. The van der Waals surface area contributed by atoms with Crippen molar-refractivity contribution in [3.63, 3.8) is 0 Å². The van der Waals surface area contributed by atoms with E-state index < -0.39 is 12.0 Å². The van der Waals surface area contributed by atoms with Gasteiger partial charge in [0.2, 0.25) is 11.8 Å². The summed E-state index contributed by atoms with van der Waals surface area (Å²) in [6, 6.07) is 12.7. The van der Waals surface area contributed by atoms with Crippen molar-refractivity contribution in [1.29, 1.82) is 0 Å². The van der Waals surface area contributed by atoms with Gasteiger partial charge in [-0.15, -0.1) is 0 Å². The lowest BCUT2D eigenvalue weighted by Gasteiger charge is -2.24. The number of halogens is 1. The fourth-order valence-corrected chi connectivity index (χ4v) is 3.68. The molecule has 2 aromatic carbocycles. The maximum atomic E-state index is 13.0. The van der Waals surface area contributed by atoms with Crippen LogP contribution in [0.15, 0.2) is 48.5 Å². The first-order valence-electron chi connectivity index (χ1n) is 9.51. The molecule has 0 unspecified atom stereocenters. The molecule has 1 aliphatic heterocycles. The van der Waals surface area contributed by atoms with Crippen LogP contribution < -0.4 is 10.6 Å². The molecule has 4 rings (SSSR count). The summed E-state index contributed by atoms with van der Waals surface area (Å²) in [6.07, 6.45) is -0.0464. The molecule has 9 heteroatoms.